The number of rotatable bonds is 6. The van der Waals surface area contributed by atoms with Crippen molar-refractivity contribution in [2.24, 2.45) is 5.73 Å². The van der Waals surface area contributed by atoms with Crippen LogP contribution in [0, 0.1) is 0 Å². The fourth-order valence-electron chi connectivity index (χ4n) is 2.50. The standard InChI is InChI=1S/C14H29N3O2/c1-14(2,3)19-13(18)16-9-5-11-17-10-4-6-12(17)7-8-15/h12H,4-11,15H2,1-3H3,(H,16,18)/t12-/m0/s1. The van der Waals surface area contributed by atoms with Gasteiger partial charge in [-0.25, -0.2) is 4.79 Å². The number of nitrogens with two attached hydrogens (primary N) is 1. The van der Waals surface area contributed by atoms with Crippen LogP contribution < -0.4 is 11.1 Å². The zero-order chi connectivity index (χ0) is 14.3. The first kappa shape index (κ1) is 16.2. The molecule has 1 rings (SSSR count). The van der Waals surface area contributed by atoms with Gasteiger partial charge in [0.25, 0.3) is 0 Å². The van der Waals surface area contributed by atoms with E-state index >= 15 is 0 Å². The van der Waals surface area contributed by atoms with Crippen molar-refractivity contribution in [3.05, 3.63) is 0 Å². The third kappa shape index (κ3) is 6.78. The largest absolute Gasteiger partial charge is 0.444 e. The van der Waals surface area contributed by atoms with E-state index in [9.17, 15) is 4.79 Å². The fourth-order valence-corrected chi connectivity index (χ4v) is 2.50. The molecule has 0 spiro atoms. The molecule has 0 saturated carbocycles. The third-order valence-corrected chi connectivity index (χ3v) is 3.29. The Hall–Kier alpha value is -0.810. The van der Waals surface area contributed by atoms with Crippen molar-refractivity contribution in [1.29, 1.82) is 0 Å². The van der Waals surface area contributed by atoms with E-state index in [-0.39, 0.29) is 6.09 Å². The summed E-state index contributed by atoms with van der Waals surface area (Å²) in [5, 5.41) is 2.80. The van der Waals surface area contributed by atoms with Gasteiger partial charge in [0.05, 0.1) is 0 Å². The van der Waals surface area contributed by atoms with Crippen molar-refractivity contribution < 1.29 is 9.53 Å². The maximum Gasteiger partial charge on any atom is 0.407 e. The lowest BCUT2D eigenvalue weighted by molar-refractivity contribution is 0.0525. The summed E-state index contributed by atoms with van der Waals surface area (Å²) in [5.74, 6) is 0. The van der Waals surface area contributed by atoms with Crippen molar-refractivity contribution in [1.82, 2.24) is 10.2 Å². The Bertz CT molecular complexity index is 276. The molecule has 1 amide bonds. The lowest BCUT2D eigenvalue weighted by Gasteiger charge is -2.24. The quantitative estimate of drug-likeness (QED) is 0.722. The molecule has 1 aliphatic heterocycles. The van der Waals surface area contributed by atoms with Crippen molar-refractivity contribution >= 4 is 6.09 Å². The first-order valence-electron chi connectivity index (χ1n) is 7.33. The van der Waals surface area contributed by atoms with Crippen molar-refractivity contribution in [3.63, 3.8) is 0 Å². The van der Waals surface area contributed by atoms with Crippen LogP contribution in [0.2, 0.25) is 0 Å². The second kappa shape index (κ2) is 7.70. The molecule has 5 nitrogen and oxygen atoms in total. The van der Waals surface area contributed by atoms with Gasteiger partial charge >= 0.3 is 6.09 Å². The van der Waals surface area contributed by atoms with Crippen LogP contribution in [0.4, 0.5) is 4.79 Å². The Morgan fingerprint density at radius 2 is 2.21 bits per heavy atom. The van der Waals surface area contributed by atoms with Crippen LogP contribution in [0.1, 0.15) is 46.5 Å². The molecule has 0 bridgehead atoms. The summed E-state index contributed by atoms with van der Waals surface area (Å²) in [7, 11) is 0. The minimum atomic E-state index is -0.425. The fraction of sp³-hybridized carbons (Fsp3) is 0.929. The number of nitrogens with one attached hydrogen (secondary N) is 1. The normalized spacial score (nSPS) is 20.5. The van der Waals surface area contributed by atoms with Gasteiger partial charge in [-0.05, 0) is 59.5 Å². The number of alkyl carbamates (subject to hydrolysis) is 1. The van der Waals surface area contributed by atoms with Gasteiger partial charge in [-0.1, -0.05) is 0 Å². The van der Waals surface area contributed by atoms with Crippen LogP contribution in [-0.2, 0) is 4.74 Å². The summed E-state index contributed by atoms with van der Waals surface area (Å²) in [6.07, 6.45) is 4.24. The Balaban J connectivity index is 2.12. The summed E-state index contributed by atoms with van der Waals surface area (Å²) in [4.78, 5) is 13.9. The molecule has 5 heteroatoms. The molecule has 0 aromatic rings. The van der Waals surface area contributed by atoms with Gasteiger partial charge in [-0.15, -0.1) is 0 Å². The van der Waals surface area contributed by atoms with Gasteiger partial charge in [0, 0.05) is 19.1 Å². The van der Waals surface area contributed by atoms with Crippen molar-refractivity contribution in [3.8, 4) is 0 Å². The minimum Gasteiger partial charge on any atom is -0.444 e. The topological polar surface area (TPSA) is 67.6 Å². The van der Waals surface area contributed by atoms with E-state index in [1.165, 1.54) is 12.8 Å². The van der Waals surface area contributed by atoms with Gasteiger partial charge in [-0.2, -0.15) is 0 Å². The number of ether oxygens (including phenoxy) is 1. The van der Waals surface area contributed by atoms with Crippen LogP contribution in [0.15, 0.2) is 0 Å². The van der Waals surface area contributed by atoms with E-state index in [1.807, 2.05) is 20.8 Å². The first-order chi connectivity index (χ1) is 8.92. The predicted octanol–water partition coefficient (Wildman–Crippen LogP) is 1.71. The number of amides is 1. The molecule has 1 heterocycles. The predicted molar refractivity (Wildman–Crippen MR) is 77.1 cm³/mol. The molecule has 0 aliphatic carbocycles. The third-order valence-electron chi connectivity index (χ3n) is 3.29. The van der Waals surface area contributed by atoms with Crippen LogP contribution in [0.5, 0.6) is 0 Å². The Morgan fingerprint density at radius 1 is 1.47 bits per heavy atom. The zero-order valence-electron chi connectivity index (χ0n) is 12.6. The molecule has 0 radical (unpaired) electrons. The summed E-state index contributed by atoms with van der Waals surface area (Å²) < 4.78 is 5.19. The van der Waals surface area contributed by atoms with E-state index in [0.29, 0.717) is 12.6 Å². The van der Waals surface area contributed by atoms with Crippen LogP contribution in [-0.4, -0.2) is 48.8 Å². The van der Waals surface area contributed by atoms with Gasteiger partial charge in [-0.3, -0.25) is 0 Å². The molecule has 19 heavy (non-hydrogen) atoms. The number of hydrogen-bond donors (Lipinski definition) is 2. The van der Waals surface area contributed by atoms with Crippen LogP contribution in [0.25, 0.3) is 0 Å². The van der Waals surface area contributed by atoms with E-state index in [0.717, 1.165) is 32.5 Å². The molecule has 0 aromatic heterocycles. The Labute approximate surface area is 116 Å². The van der Waals surface area contributed by atoms with Gasteiger partial charge in [0.15, 0.2) is 0 Å². The molecule has 1 fully saturated rings. The molecule has 1 saturated heterocycles. The second-order valence-corrected chi connectivity index (χ2v) is 6.19. The number of carbonyl (C=O) groups is 1. The molecule has 0 aromatic carbocycles. The summed E-state index contributed by atoms with van der Waals surface area (Å²) >= 11 is 0. The monoisotopic (exact) mass is 271 g/mol. The summed E-state index contributed by atoms with van der Waals surface area (Å²) in [5.41, 5.74) is 5.20. The molecular weight excluding hydrogens is 242 g/mol. The molecule has 0 unspecified atom stereocenters. The second-order valence-electron chi connectivity index (χ2n) is 6.19. The molecule has 1 atom stereocenters. The van der Waals surface area contributed by atoms with Crippen molar-refractivity contribution in [2.75, 3.05) is 26.2 Å². The number of nitrogens with zero attached hydrogens (tertiary/aromatic N) is 1. The Morgan fingerprint density at radius 3 is 2.84 bits per heavy atom. The van der Waals surface area contributed by atoms with Gasteiger partial charge in [0.1, 0.15) is 5.60 Å². The average molecular weight is 271 g/mol. The maximum atomic E-state index is 11.5. The number of carbonyl (C=O) groups excluding carboxylic acids is 1. The zero-order valence-corrected chi connectivity index (χ0v) is 12.6. The van der Waals surface area contributed by atoms with Gasteiger partial charge < -0.3 is 20.7 Å². The lowest BCUT2D eigenvalue weighted by Crippen LogP contribution is -2.36. The average Bonchev–Trinajstić information content (AvgIpc) is 2.70. The number of likely N-dealkylation sites (tertiary alicyclic amines) is 1. The highest BCUT2D eigenvalue weighted by Gasteiger charge is 2.23. The minimum absolute atomic E-state index is 0.326. The Kier molecular flexibility index (Phi) is 6.58. The SMILES string of the molecule is CC(C)(C)OC(=O)NCCCN1CCC[C@H]1CCN. The molecular formula is C14H29N3O2. The highest BCUT2D eigenvalue weighted by molar-refractivity contribution is 5.67. The van der Waals surface area contributed by atoms with E-state index in [1.54, 1.807) is 0 Å². The van der Waals surface area contributed by atoms with Gasteiger partial charge in [0.2, 0.25) is 0 Å². The summed E-state index contributed by atoms with van der Waals surface area (Å²) in [6.45, 7) is 9.23. The van der Waals surface area contributed by atoms with E-state index in [2.05, 4.69) is 10.2 Å². The van der Waals surface area contributed by atoms with Crippen molar-refractivity contribution in [2.45, 2.75) is 58.1 Å². The highest BCUT2D eigenvalue weighted by atomic mass is 16.6. The maximum absolute atomic E-state index is 11.5. The highest BCUT2D eigenvalue weighted by Crippen LogP contribution is 2.19. The molecule has 112 valence electrons. The smallest absolute Gasteiger partial charge is 0.407 e. The molecule has 1 aliphatic rings. The number of hydrogen-bond acceptors (Lipinski definition) is 4. The van der Waals surface area contributed by atoms with E-state index < -0.39 is 5.60 Å². The van der Waals surface area contributed by atoms with E-state index in [4.69, 9.17) is 10.5 Å². The lowest BCUT2D eigenvalue weighted by atomic mass is 10.1. The van der Waals surface area contributed by atoms with Crippen LogP contribution in [0.3, 0.4) is 0 Å². The summed E-state index contributed by atoms with van der Waals surface area (Å²) in [6, 6.07) is 0.645. The first-order valence-corrected chi connectivity index (χ1v) is 7.33. The molecule has 3 N–H and O–H groups in total. The van der Waals surface area contributed by atoms with Crippen LogP contribution >= 0.6 is 0 Å².